The molecule has 0 saturated carbocycles. The second-order valence-electron chi connectivity index (χ2n) is 4.96. The molecule has 1 aliphatic heterocycles. The van der Waals surface area contributed by atoms with Crippen LogP contribution in [0.5, 0.6) is 0 Å². The van der Waals surface area contributed by atoms with E-state index in [1.165, 1.54) is 23.9 Å². The van der Waals surface area contributed by atoms with Gasteiger partial charge in [0.25, 0.3) is 0 Å². The summed E-state index contributed by atoms with van der Waals surface area (Å²) in [5, 5.41) is 3.32. The number of alkyl halides is 3. The van der Waals surface area contributed by atoms with Gasteiger partial charge in [-0.05, 0) is 25.1 Å². The van der Waals surface area contributed by atoms with Crippen LogP contribution in [0.4, 0.5) is 13.2 Å². The summed E-state index contributed by atoms with van der Waals surface area (Å²) in [6, 6.07) is 6.04. The summed E-state index contributed by atoms with van der Waals surface area (Å²) >= 11 is 1.48. The Morgan fingerprint density at radius 3 is 2.90 bits per heavy atom. The lowest BCUT2D eigenvalue weighted by molar-refractivity contribution is -0.137. The molecule has 0 aromatic heterocycles. The van der Waals surface area contributed by atoms with Crippen LogP contribution in [-0.4, -0.2) is 42.9 Å². The molecule has 1 saturated heterocycles. The van der Waals surface area contributed by atoms with Crippen molar-refractivity contribution in [3.05, 3.63) is 29.8 Å². The van der Waals surface area contributed by atoms with Gasteiger partial charge in [0, 0.05) is 42.9 Å². The Kier molecular flexibility index (Phi) is 5.35. The number of rotatable bonds is 4. The van der Waals surface area contributed by atoms with Gasteiger partial charge in [-0.3, -0.25) is 4.90 Å². The number of nitrogens with zero attached hydrogens (tertiary/aromatic N) is 1. The molecule has 2 nitrogen and oxygen atoms in total. The lowest BCUT2D eigenvalue weighted by atomic mass is 10.2. The van der Waals surface area contributed by atoms with E-state index < -0.39 is 11.7 Å². The Morgan fingerprint density at radius 1 is 1.40 bits per heavy atom. The topological polar surface area (TPSA) is 15.3 Å². The van der Waals surface area contributed by atoms with E-state index in [0.717, 1.165) is 38.0 Å². The second-order valence-corrected chi connectivity index (χ2v) is 6.13. The standard InChI is InChI=1S/C14H19F3N2S/c1-11-10-18-5-6-19(11)7-8-20-13-4-2-3-12(9-13)14(15,16)17/h2-4,9,11,18H,5-8,10H2,1H3. The van der Waals surface area contributed by atoms with E-state index in [9.17, 15) is 13.2 Å². The van der Waals surface area contributed by atoms with Crippen LogP contribution in [0.2, 0.25) is 0 Å². The Hall–Kier alpha value is -0.720. The highest BCUT2D eigenvalue weighted by molar-refractivity contribution is 7.99. The average molecular weight is 304 g/mol. The zero-order chi connectivity index (χ0) is 14.6. The third kappa shape index (κ3) is 4.40. The van der Waals surface area contributed by atoms with Gasteiger partial charge < -0.3 is 5.32 Å². The minimum absolute atomic E-state index is 0.492. The largest absolute Gasteiger partial charge is 0.416 e. The first kappa shape index (κ1) is 15.7. The molecule has 0 aliphatic carbocycles. The lowest BCUT2D eigenvalue weighted by Crippen LogP contribution is -2.50. The van der Waals surface area contributed by atoms with E-state index in [1.807, 2.05) is 0 Å². The third-order valence-electron chi connectivity index (χ3n) is 3.45. The van der Waals surface area contributed by atoms with Gasteiger partial charge in [0.2, 0.25) is 0 Å². The number of hydrogen-bond acceptors (Lipinski definition) is 3. The van der Waals surface area contributed by atoms with Crippen molar-refractivity contribution < 1.29 is 13.2 Å². The number of piperazine rings is 1. The van der Waals surface area contributed by atoms with E-state index in [0.29, 0.717) is 10.9 Å². The first-order chi connectivity index (χ1) is 9.47. The molecule has 2 rings (SSSR count). The van der Waals surface area contributed by atoms with Gasteiger partial charge >= 0.3 is 6.18 Å². The predicted molar refractivity (Wildman–Crippen MR) is 76.1 cm³/mol. The van der Waals surface area contributed by atoms with Crippen LogP contribution in [0, 0.1) is 0 Å². The normalized spacial score (nSPS) is 21.1. The molecule has 1 fully saturated rings. The van der Waals surface area contributed by atoms with Crippen molar-refractivity contribution >= 4 is 11.8 Å². The van der Waals surface area contributed by atoms with Crippen molar-refractivity contribution in [1.29, 1.82) is 0 Å². The van der Waals surface area contributed by atoms with Gasteiger partial charge in [-0.15, -0.1) is 11.8 Å². The molecule has 6 heteroatoms. The van der Waals surface area contributed by atoms with E-state index in [2.05, 4.69) is 17.1 Å². The van der Waals surface area contributed by atoms with Crippen molar-refractivity contribution in [1.82, 2.24) is 10.2 Å². The maximum absolute atomic E-state index is 12.6. The molecule has 20 heavy (non-hydrogen) atoms. The number of nitrogens with one attached hydrogen (secondary N) is 1. The molecule has 1 aromatic rings. The van der Waals surface area contributed by atoms with Crippen LogP contribution in [0.1, 0.15) is 12.5 Å². The molecule has 1 atom stereocenters. The molecule has 1 unspecified atom stereocenters. The van der Waals surface area contributed by atoms with Gasteiger partial charge in [-0.1, -0.05) is 6.07 Å². The summed E-state index contributed by atoms with van der Waals surface area (Å²) in [6.07, 6.45) is -4.26. The van der Waals surface area contributed by atoms with Gasteiger partial charge in [0.05, 0.1) is 5.56 Å². The van der Waals surface area contributed by atoms with Crippen LogP contribution >= 0.6 is 11.8 Å². The Bertz CT molecular complexity index is 437. The molecule has 0 spiro atoms. The monoisotopic (exact) mass is 304 g/mol. The SMILES string of the molecule is CC1CNCCN1CCSc1cccc(C(F)(F)F)c1. The molecule has 1 heterocycles. The third-order valence-corrected chi connectivity index (χ3v) is 4.42. The van der Waals surface area contributed by atoms with Crippen LogP contribution in [0.25, 0.3) is 0 Å². The number of hydrogen-bond donors (Lipinski definition) is 1. The van der Waals surface area contributed by atoms with E-state index in [-0.39, 0.29) is 0 Å². The van der Waals surface area contributed by atoms with Crippen molar-refractivity contribution in [3.8, 4) is 0 Å². The molecular formula is C14H19F3N2S. The molecule has 1 aliphatic rings. The van der Waals surface area contributed by atoms with Crippen LogP contribution in [0.3, 0.4) is 0 Å². The first-order valence-electron chi connectivity index (χ1n) is 6.71. The Balaban J connectivity index is 1.85. The van der Waals surface area contributed by atoms with Gasteiger partial charge in [-0.25, -0.2) is 0 Å². The summed E-state index contributed by atoms with van der Waals surface area (Å²) in [5.41, 5.74) is -0.571. The Labute approximate surface area is 121 Å². The van der Waals surface area contributed by atoms with Crippen molar-refractivity contribution in [2.75, 3.05) is 31.9 Å². The van der Waals surface area contributed by atoms with Gasteiger partial charge in [0.1, 0.15) is 0 Å². The van der Waals surface area contributed by atoms with Crippen molar-refractivity contribution in [2.45, 2.75) is 24.0 Å². The maximum Gasteiger partial charge on any atom is 0.416 e. The fraction of sp³-hybridized carbons (Fsp3) is 0.571. The summed E-state index contributed by atoms with van der Waals surface area (Å²) in [7, 11) is 0. The first-order valence-corrected chi connectivity index (χ1v) is 7.70. The van der Waals surface area contributed by atoms with Crippen LogP contribution in [0.15, 0.2) is 29.2 Å². The average Bonchev–Trinajstić information content (AvgIpc) is 2.40. The summed E-state index contributed by atoms with van der Waals surface area (Å²) in [4.78, 5) is 3.06. The fourth-order valence-corrected chi connectivity index (χ4v) is 3.20. The highest BCUT2D eigenvalue weighted by Gasteiger charge is 2.30. The summed E-state index contributed by atoms with van der Waals surface area (Å²) < 4.78 is 37.8. The highest BCUT2D eigenvalue weighted by atomic mass is 32.2. The highest BCUT2D eigenvalue weighted by Crippen LogP contribution is 2.31. The summed E-state index contributed by atoms with van der Waals surface area (Å²) in [6.45, 7) is 6.04. The second kappa shape index (κ2) is 6.83. The molecule has 0 radical (unpaired) electrons. The van der Waals surface area contributed by atoms with E-state index >= 15 is 0 Å². The molecule has 112 valence electrons. The van der Waals surface area contributed by atoms with Crippen LogP contribution in [-0.2, 0) is 6.18 Å². The Morgan fingerprint density at radius 2 is 2.20 bits per heavy atom. The lowest BCUT2D eigenvalue weighted by Gasteiger charge is -2.33. The minimum atomic E-state index is -4.26. The maximum atomic E-state index is 12.6. The number of benzene rings is 1. The fourth-order valence-electron chi connectivity index (χ4n) is 2.26. The van der Waals surface area contributed by atoms with Gasteiger partial charge in [-0.2, -0.15) is 13.2 Å². The molecule has 1 aromatic carbocycles. The zero-order valence-electron chi connectivity index (χ0n) is 11.4. The molecule has 0 bridgehead atoms. The smallest absolute Gasteiger partial charge is 0.314 e. The van der Waals surface area contributed by atoms with Gasteiger partial charge in [0.15, 0.2) is 0 Å². The molecule has 0 amide bonds. The minimum Gasteiger partial charge on any atom is -0.314 e. The number of thioether (sulfide) groups is 1. The van der Waals surface area contributed by atoms with Crippen molar-refractivity contribution in [3.63, 3.8) is 0 Å². The number of halogens is 3. The van der Waals surface area contributed by atoms with E-state index in [1.54, 1.807) is 6.07 Å². The molecular weight excluding hydrogens is 285 g/mol. The quantitative estimate of drug-likeness (QED) is 0.861. The van der Waals surface area contributed by atoms with E-state index in [4.69, 9.17) is 0 Å². The molecule has 1 N–H and O–H groups in total. The van der Waals surface area contributed by atoms with Crippen molar-refractivity contribution in [2.24, 2.45) is 0 Å². The summed E-state index contributed by atoms with van der Waals surface area (Å²) in [5.74, 6) is 0.811. The van der Waals surface area contributed by atoms with Crippen LogP contribution < -0.4 is 5.32 Å². The predicted octanol–water partition coefficient (Wildman–Crippen LogP) is 3.09. The zero-order valence-corrected chi connectivity index (χ0v) is 12.2.